The van der Waals surface area contributed by atoms with E-state index in [9.17, 15) is 9.59 Å². The molecule has 2 rings (SSSR count). The van der Waals surface area contributed by atoms with Gasteiger partial charge in [0, 0.05) is 23.5 Å². The zero-order chi connectivity index (χ0) is 19.6. The second kappa shape index (κ2) is 10.0. The van der Waals surface area contributed by atoms with Crippen molar-refractivity contribution in [3.63, 3.8) is 0 Å². The molecule has 0 aliphatic carbocycles. The largest absolute Gasteiger partial charge is 0.489 e. The van der Waals surface area contributed by atoms with E-state index in [0.717, 1.165) is 17.0 Å². The van der Waals surface area contributed by atoms with Crippen LogP contribution in [0.2, 0.25) is 0 Å². The average Bonchev–Trinajstić information content (AvgIpc) is 2.66. The van der Waals surface area contributed by atoms with Crippen LogP contribution in [0.25, 0.3) is 0 Å². The number of ether oxygens (including phenoxy) is 1. The van der Waals surface area contributed by atoms with E-state index in [1.165, 1.54) is 0 Å². The zero-order valence-electron chi connectivity index (χ0n) is 15.7. The first-order chi connectivity index (χ1) is 13.0. The Hall–Kier alpha value is -3.28. The Bertz CT molecular complexity index is 783. The molecule has 0 bridgehead atoms. The van der Waals surface area contributed by atoms with Crippen LogP contribution in [0, 0.1) is 0 Å². The number of hydrogen-bond donors (Lipinski definition) is 3. The second-order valence-electron chi connectivity index (χ2n) is 6.11. The van der Waals surface area contributed by atoms with Gasteiger partial charge < -0.3 is 20.7 Å². The number of hydrogen-bond acceptors (Lipinski definition) is 4. The highest BCUT2D eigenvalue weighted by Gasteiger charge is 2.05. The quantitative estimate of drug-likeness (QED) is 0.593. The van der Waals surface area contributed by atoms with Crippen molar-refractivity contribution in [2.45, 2.75) is 13.8 Å². The molecule has 0 fully saturated rings. The molecule has 0 aliphatic heterocycles. The van der Waals surface area contributed by atoms with Crippen LogP contribution in [0.15, 0.2) is 60.7 Å². The van der Waals surface area contributed by atoms with Gasteiger partial charge in [-0.25, -0.2) is 0 Å². The topological polar surface area (TPSA) is 79.5 Å². The predicted molar refractivity (Wildman–Crippen MR) is 108 cm³/mol. The van der Waals surface area contributed by atoms with Crippen molar-refractivity contribution in [1.82, 2.24) is 5.32 Å². The third-order valence-corrected chi connectivity index (χ3v) is 3.56. The summed E-state index contributed by atoms with van der Waals surface area (Å²) in [5, 5.41) is 8.58. The number of carbonyl (C=O) groups excluding carboxylic acids is 2. The van der Waals surface area contributed by atoms with Gasteiger partial charge in [0.25, 0.3) is 5.91 Å². The van der Waals surface area contributed by atoms with Gasteiger partial charge in [-0.05, 0) is 68.0 Å². The molecule has 2 aromatic carbocycles. The van der Waals surface area contributed by atoms with Gasteiger partial charge in [-0.2, -0.15) is 0 Å². The monoisotopic (exact) mass is 367 g/mol. The summed E-state index contributed by atoms with van der Waals surface area (Å²) in [6.07, 6.45) is 0. The Morgan fingerprint density at radius 1 is 1.00 bits per heavy atom. The lowest BCUT2D eigenvalue weighted by molar-refractivity contribution is -0.114. The van der Waals surface area contributed by atoms with E-state index >= 15 is 0 Å². The Kier molecular flexibility index (Phi) is 7.43. The molecule has 0 saturated heterocycles. The zero-order valence-corrected chi connectivity index (χ0v) is 15.7. The number of amides is 2. The maximum Gasteiger partial charge on any atom is 0.251 e. The van der Waals surface area contributed by atoms with E-state index in [-0.39, 0.29) is 18.4 Å². The Morgan fingerprint density at radius 3 is 2.22 bits per heavy atom. The third-order valence-electron chi connectivity index (χ3n) is 3.56. The lowest BCUT2D eigenvalue weighted by Gasteiger charge is -2.10. The number of nitrogens with one attached hydrogen (secondary N) is 3. The Morgan fingerprint density at radius 2 is 1.63 bits per heavy atom. The normalized spacial score (nSPS) is 10.0. The summed E-state index contributed by atoms with van der Waals surface area (Å²) >= 11 is 0. The fourth-order valence-electron chi connectivity index (χ4n) is 2.23. The van der Waals surface area contributed by atoms with Gasteiger partial charge in [-0.15, -0.1) is 0 Å². The highest BCUT2D eigenvalue weighted by Crippen LogP contribution is 2.16. The van der Waals surface area contributed by atoms with E-state index in [0.29, 0.717) is 24.4 Å². The predicted octanol–water partition coefficient (Wildman–Crippen LogP) is 3.44. The maximum absolute atomic E-state index is 12.1. The van der Waals surface area contributed by atoms with Crippen molar-refractivity contribution in [2.75, 3.05) is 30.3 Å². The number of benzene rings is 2. The number of rotatable bonds is 9. The van der Waals surface area contributed by atoms with Crippen molar-refractivity contribution < 1.29 is 14.3 Å². The summed E-state index contributed by atoms with van der Waals surface area (Å²) in [6.45, 7) is 8.72. The van der Waals surface area contributed by atoms with Crippen molar-refractivity contribution in [1.29, 1.82) is 0 Å². The van der Waals surface area contributed by atoms with Crippen LogP contribution in [-0.2, 0) is 4.79 Å². The van der Waals surface area contributed by atoms with Gasteiger partial charge in [-0.3, -0.25) is 9.59 Å². The van der Waals surface area contributed by atoms with Crippen LogP contribution in [0.1, 0.15) is 24.2 Å². The number of carbonyl (C=O) groups is 2. The molecule has 6 heteroatoms. The van der Waals surface area contributed by atoms with Gasteiger partial charge in [0.2, 0.25) is 5.91 Å². The van der Waals surface area contributed by atoms with Crippen LogP contribution in [-0.4, -0.2) is 31.5 Å². The first-order valence-corrected chi connectivity index (χ1v) is 8.77. The molecule has 0 aromatic heterocycles. The average molecular weight is 367 g/mol. The van der Waals surface area contributed by atoms with E-state index in [1.807, 2.05) is 13.8 Å². The fraction of sp³-hybridized carbons (Fsp3) is 0.238. The lowest BCUT2D eigenvalue weighted by Crippen LogP contribution is -2.23. The summed E-state index contributed by atoms with van der Waals surface area (Å²) in [6, 6.07) is 14.1. The van der Waals surface area contributed by atoms with Crippen molar-refractivity contribution in [2.24, 2.45) is 0 Å². The minimum absolute atomic E-state index is 0.113. The molecule has 142 valence electrons. The molecule has 0 saturated carbocycles. The molecule has 0 radical (unpaired) electrons. The smallest absolute Gasteiger partial charge is 0.251 e. The van der Waals surface area contributed by atoms with Crippen LogP contribution in [0.4, 0.5) is 11.4 Å². The summed E-state index contributed by atoms with van der Waals surface area (Å²) in [5.41, 5.74) is 2.98. The van der Waals surface area contributed by atoms with Crippen LogP contribution in [0.5, 0.6) is 5.75 Å². The Labute approximate surface area is 159 Å². The second-order valence-corrected chi connectivity index (χ2v) is 6.11. The highest BCUT2D eigenvalue weighted by atomic mass is 16.5. The summed E-state index contributed by atoms with van der Waals surface area (Å²) < 4.78 is 5.52. The minimum Gasteiger partial charge on any atom is -0.489 e. The molecule has 0 aliphatic rings. The summed E-state index contributed by atoms with van der Waals surface area (Å²) in [4.78, 5) is 23.8. The van der Waals surface area contributed by atoms with Crippen LogP contribution in [0.3, 0.4) is 0 Å². The van der Waals surface area contributed by atoms with Crippen molar-refractivity contribution in [3.05, 3.63) is 66.2 Å². The molecular weight excluding hydrogens is 342 g/mol. The summed E-state index contributed by atoms with van der Waals surface area (Å²) in [7, 11) is 0. The van der Waals surface area contributed by atoms with Gasteiger partial charge in [-0.1, -0.05) is 6.58 Å². The molecule has 3 N–H and O–H groups in total. The van der Waals surface area contributed by atoms with E-state index in [1.54, 1.807) is 48.5 Å². The SMILES string of the molecule is C=C(C)COc1ccc(NC(=O)CNc2ccc(C(=O)NCC)cc2)cc1. The molecule has 2 aromatic rings. The van der Waals surface area contributed by atoms with E-state index in [4.69, 9.17) is 4.74 Å². The first kappa shape index (κ1) is 20.0. The lowest BCUT2D eigenvalue weighted by atomic mass is 10.2. The Balaban J connectivity index is 1.80. The minimum atomic E-state index is -0.168. The van der Waals surface area contributed by atoms with Crippen molar-refractivity contribution in [3.8, 4) is 5.75 Å². The van der Waals surface area contributed by atoms with Crippen LogP contribution < -0.4 is 20.7 Å². The summed E-state index contributed by atoms with van der Waals surface area (Å²) in [5.74, 6) is 0.442. The molecule has 27 heavy (non-hydrogen) atoms. The third kappa shape index (κ3) is 6.86. The molecule has 0 atom stereocenters. The van der Waals surface area contributed by atoms with E-state index < -0.39 is 0 Å². The standard InChI is InChI=1S/C21H25N3O3/c1-4-22-21(26)16-5-7-17(8-6-16)23-13-20(25)24-18-9-11-19(12-10-18)27-14-15(2)3/h5-12,23H,2,4,13-14H2,1,3H3,(H,22,26)(H,24,25). The first-order valence-electron chi connectivity index (χ1n) is 8.77. The molecule has 0 spiro atoms. The molecule has 2 amide bonds. The van der Waals surface area contributed by atoms with Gasteiger partial charge in [0.15, 0.2) is 0 Å². The molecule has 6 nitrogen and oxygen atoms in total. The fourth-order valence-corrected chi connectivity index (χ4v) is 2.23. The maximum atomic E-state index is 12.1. The van der Waals surface area contributed by atoms with Gasteiger partial charge >= 0.3 is 0 Å². The molecule has 0 unspecified atom stereocenters. The molecular formula is C21H25N3O3. The van der Waals surface area contributed by atoms with Gasteiger partial charge in [0.05, 0.1) is 6.54 Å². The molecule has 0 heterocycles. The van der Waals surface area contributed by atoms with Crippen LogP contribution >= 0.6 is 0 Å². The van der Waals surface area contributed by atoms with Crippen molar-refractivity contribution >= 4 is 23.2 Å². The van der Waals surface area contributed by atoms with Gasteiger partial charge in [0.1, 0.15) is 12.4 Å². The highest BCUT2D eigenvalue weighted by molar-refractivity contribution is 5.95. The van der Waals surface area contributed by atoms with E-state index in [2.05, 4.69) is 22.5 Å². The number of anilines is 2.